The molecule has 0 N–H and O–H groups in total. The van der Waals surface area contributed by atoms with Crippen molar-refractivity contribution < 1.29 is 27.5 Å². The number of cyclic esters (lactones) is 2. The molecular weight excluding hydrogens is 251 g/mol. The lowest BCUT2D eigenvalue weighted by Crippen LogP contribution is -2.42. The predicted octanol–water partition coefficient (Wildman–Crippen LogP) is 1.60. The fraction of sp³-hybridized carbons (Fsp3) is 0.273. The first-order valence-electron chi connectivity index (χ1n) is 5.02. The molecule has 0 radical (unpaired) electrons. The summed E-state index contributed by atoms with van der Waals surface area (Å²) in [4.78, 5) is 23.4. The Bertz CT molecular complexity index is 465. The van der Waals surface area contributed by atoms with E-state index in [1.54, 1.807) is 0 Å². The molecule has 0 spiro atoms. The van der Waals surface area contributed by atoms with E-state index in [4.69, 9.17) is 0 Å². The van der Waals surface area contributed by atoms with Gasteiger partial charge in [0.15, 0.2) is 0 Å². The van der Waals surface area contributed by atoms with Gasteiger partial charge in [0.25, 0.3) is 0 Å². The van der Waals surface area contributed by atoms with Crippen molar-refractivity contribution in [3.8, 4) is 0 Å². The standard InChI is InChI=1S/C11H8F3NO3/c12-11(13,14)7-1-3-8(4-2-7)15-5-9(16)18-10(17)6-15/h1-4H,5-6H2. The van der Waals surface area contributed by atoms with Gasteiger partial charge in [-0.15, -0.1) is 0 Å². The van der Waals surface area contributed by atoms with Crippen molar-refractivity contribution in [3.63, 3.8) is 0 Å². The minimum atomic E-state index is -4.41. The molecule has 1 aliphatic heterocycles. The highest BCUT2D eigenvalue weighted by atomic mass is 19.4. The number of ether oxygens (including phenoxy) is 1. The molecule has 0 saturated carbocycles. The lowest BCUT2D eigenvalue weighted by molar-refractivity contribution is -0.160. The molecule has 96 valence electrons. The highest BCUT2D eigenvalue weighted by Gasteiger charge is 2.31. The van der Waals surface area contributed by atoms with Gasteiger partial charge in [0.1, 0.15) is 13.1 Å². The summed E-state index contributed by atoms with van der Waals surface area (Å²) in [5.41, 5.74) is -0.412. The van der Waals surface area contributed by atoms with E-state index in [0.717, 1.165) is 12.1 Å². The molecule has 2 rings (SSSR count). The van der Waals surface area contributed by atoms with Gasteiger partial charge in [-0.05, 0) is 24.3 Å². The third kappa shape index (κ3) is 2.61. The van der Waals surface area contributed by atoms with E-state index in [0.29, 0.717) is 5.69 Å². The van der Waals surface area contributed by atoms with Gasteiger partial charge in [-0.3, -0.25) is 0 Å². The van der Waals surface area contributed by atoms with Crippen LogP contribution in [0.15, 0.2) is 24.3 Å². The summed E-state index contributed by atoms with van der Waals surface area (Å²) in [5.74, 6) is -1.43. The second kappa shape index (κ2) is 4.32. The molecule has 0 aromatic heterocycles. The minimum Gasteiger partial charge on any atom is -0.390 e. The van der Waals surface area contributed by atoms with Crippen LogP contribution < -0.4 is 4.90 Å². The third-order valence-electron chi connectivity index (χ3n) is 2.43. The van der Waals surface area contributed by atoms with Crippen molar-refractivity contribution in [2.24, 2.45) is 0 Å². The van der Waals surface area contributed by atoms with Crippen LogP contribution in [0.3, 0.4) is 0 Å². The van der Waals surface area contributed by atoms with Crippen LogP contribution in [0.5, 0.6) is 0 Å². The van der Waals surface area contributed by atoms with E-state index in [1.165, 1.54) is 17.0 Å². The predicted molar refractivity (Wildman–Crippen MR) is 54.8 cm³/mol. The molecule has 1 aromatic carbocycles. The van der Waals surface area contributed by atoms with E-state index in [1.807, 2.05) is 0 Å². The van der Waals surface area contributed by atoms with Crippen molar-refractivity contribution in [2.75, 3.05) is 18.0 Å². The zero-order valence-electron chi connectivity index (χ0n) is 9.03. The number of nitrogens with zero attached hydrogens (tertiary/aromatic N) is 1. The second-order valence-electron chi connectivity index (χ2n) is 3.75. The molecule has 1 heterocycles. The highest BCUT2D eigenvalue weighted by molar-refractivity contribution is 5.94. The Morgan fingerprint density at radius 1 is 1.00 bits per heavy atom. The molecule has 7 heteroatoms. The number of benzene rings is 1. The maximum atomic E-state index is 12.3. The van der Waals surface area contributed by atoms with Crippen LogP contribution in [0.2, 0.25) is 0 Å². The van der Waals surface area contributed by atoms with Gasteiger partial charge in [-0.1, -0.05) is 0 Å². The molecule has 1 aliphatic rings. The van der Waals surface area contributed by atoms with Crippen LogP contribution in [-0.2, 0) is 20.5 Å². The quantitative estimate of drug-likeness (QED) is 0.567. The van der Waals surface area contributed by atoms with Gasteiger partial charge in [0.05, 0.1) is 5.56 Å². The smallest absolute Gasteiger partial charge is 0.390 e. The Hall–Kier alpha value is -2.05. The monoisotopic (exact) mass is 259 g/mol. The minimum absolute atomic E-state index is 0.156. The summed E-state index contributed by atoms with van der Waals surface area (Å²) in [6, 6.07) is 4.24. The van der Waals surface area contributed by atoms with Crippen molar-refractivity contribution in [2.45, 2.75) is 6.18 Å². The Labute approximate surface area is 99.9 Å². The fourth-order valence-electron chi connectivity index (χ4n) is 1.60. The average molecular weight is 259 g/mol. The number of morpholine rings is 1. The lowest BCUT2D eigenvalue weighted by atomic mass is 10.2. The maximum absolute atomic E-state index is 12.3. The van der Waals surface area contributed by atoms with E-state index in [9.17, 15) is 22.8 Å². The Balaban J connectivity index is 2.19. The van der Waals surface area contributed by atoms with E-state index in [-0.39, 0.29) is 13.1 Å². The first kappa shape index (κ1) is 12.4. The zero-order chi connectivity index (χ0) is 13.3. The van der Waals surface area contributed by atoms with Crippen molar-refractivity contribution in [1.29, 1.82) is 0 Å². The number of carbonyl (C=O) groups excluding carboxylic acids is 2. The van der Waals surface area contributed by atoms with Gasteiger partial charge in [0.2, 0.25) is 0 Å². The lowest BCUT2D eigenvalue weighted by Gasteiger charge is -2.26. The summed E-state index contributed by atoms with van der Waals surface area (Å²) < 4.78 is 41.3. The molecule has 0 aliphatic carbocycles. The molecule has 0 unspecified atom stereocenters. The fourth-order valence-corrected chi connectivity index (χ4v) is 1.60. The highest BCUT2D eigenvalue weighted by Crippen LogP contribution is 2.30. The number of rotatable bonds is 1. The number of hydrogen-bond acceptors (Lipinski definition) is 4. The molecule has 1 fully saturated rings. The summed E-state index contributed by atoms with van der Waals surface area (Å²) in [7, 11) is 0. The average Bonchev–Trinajstić information content (AvgIpc) is 2.27. The van der Waals surface area contributed by atoms with Gasteiger partial charge in [-0.2, -0.15) is 13.2 Å². The molecule has 1 saturated heterocycles. The van der Waals surface area contributed by atoms with Crippen molar-refractivity contribution in [3.05, 3.63) is 29.8 Å². The topological polar surface area (TPSA) is 46.6 Å². The molecule has 0 bridgehead atoms. The Morgan fingerprint density at radius 3 is 1.94 bits per heavy atom. The number of esters is 2. The van der Waals surface area contributed by atoms with Gasteiger partial charge < -0.3 is 9.64 Å². The van der Waals surface area contributed by atoms with Crippen LogP contribution in [0.25, 0.3) is 0 Å². The number of anilines is 1. The molecule has 4 nitrogen and oxygen atoms in total. The van der Waals surface area contributed by atoms with Gasteiger partial charge >= 0.3 is 18.1 Å². The van der Waals surface area contributed by atoms with Crippen LogP contribution in [0, 0.1) is 0 Å². The van der Waals surface area contributed by atoms with E-state index < -0.39 is 23.7 Å². The number of alkyl halides is 3. The van der Waals surface area contributed by atoms with Crippen LogP contribution in [0.4, 0.5) is 18.9 Å². The molecule has 0 atom stereocenters. The number of halogens is 3. The molecule has 0 amide bonds. The number of carbonyl (C=O) groups is 2. The second-order valence-corrected chi connectivity index (χ2v) is 3.75. The van der Waals surface area contributed by atoms with Crippen LogP contribution >= 0.6 is 0 Å². The van der Waals surface area contributed by atoms with Gasteiger partial charge in [-0.25, -0.2) is 9.59 Å². The number of hydrogen-bond donors (Lipinski definition) is 0. The summed E-state index contributed by atoms with van der Waals surface area (Å²) >= 11 is 0. The summed E-state index contributed by atoms with van der Waals surface area (Å²) in [6.07, 6.45) is -4.41. The maximum Gasteiger partial charge on any atom is 0.416 e. The largest absolute Gasteiger partial charge is 0.416 e. The zero-order valence-corrected chi connectivity index (χ0v) is 9.03. The van der Waals surface area contributed by atoms with Crippen LogP contribution in [0.1, 0.15) is 5.56 Å². The summed E-state index contributed by atoms with van der Waals surface area (Å²) in [6.45, 7) is -0.311. The van der Waals surface area contributed by atoms with Crippen LogP contribution in [-0.4, -0.2) is 25.0 Å². The van der Waals surface area contributed by atoms with Crippen molar-refractivity contribution in [1.82, 2.24) is 0 Å². The SMILES string of the molecule is O=C1CN(c2ccc(C(F)(F)F)cc2)CC(=O)O1. The van der Waals surface area contributed by atoms with Gasteiger partial charge in [0, 0.05) is 5.69 Å². The third-order valence-corrected chi connectivity index (χ3v) is 2.43. The molecule has 18 heavy (non-hydrogen) atoms. The van der Waals surface area contributed by atoms with Crippen molar-refractivity contribution >= 4 is 17.6 Å². The normalized spacial score (nSPS) is 16.7. The molecular formula is C11H8F3NO3. The molecule has 1 aromatic rings. The Morgan fingerprint density at radius 2 is 1.50 bits per heavy atom. The van der Waals surface area contributed by atoms with E-state index in [2.05, 4.69) is 4.74 Å². The first-order chi connectivity index (χ1) is 8.36. The van der Waals surface area contributed by atoms with E-state index >= 15 is 0 Å². The summed E-state index contributed by atoms with van der Waals surface area (Å²) in [5, 5.41) is 0. The first-order valence-corrected chi connectivity index (χ1v) is 5.02. The Kier molecular flexibility index (Phi) is 2.98.